The van der Waals surface area contributed by atoms with Crippen molar-refractivity contribution in [2.75, 3.05) is 5.32 Å². The van der Waals surface area contributed by atoms with E-state index >= 15 is 0 Å². The van der Waals surface area contributed by atoms with Crippen LogP contribution in [0.5, 0.6) is 0 Å². The zero-order chi connectivity index (χ0) is 14.7. The van der Waals surface area contributed by atoms with Crippen molar-refractivity contribution in [2.24, 2.45) is 0 Å². The van der Waals surface area contributed by atoms with Gasteiger partial charge in [0.1, 0.15) is 0 Å². The normalized spacial score (nSPS) is 18.8. The van der Waals surface area contributed by atoms with Crippen LogP contribution in [0.1, 0.15) is 49.7 Å². The molecule has 1 fully saturated rings. The largest absolute Gasteiger partial charge is 0.353 e. The van der Waals surface area contributed by atoms with Gasteiger partial charge in [-0.1, -0.05) is 37.8 Å². The molecule has 3 rings (SSSR count). The first kappa shape index (κ1) is 14.1. The summed E-state index contributed by atoms with van der Waals surface area (Å²) in [6.45, 7) is 0. The molecular formula is C17H22N2O2. The summed E-state index contributed by atoms with van der Waals surface area (Å²) < 4.78 is 0. The van der Waals surface area contributed by atoms with Crippen molar-refractivity contribution in [1.82, 2.24) is 5.32 Å². The van der Waals surface area contributed by atoms with Gasteiger partial charge in [0.25, 0.3) is 0 Å². The molecule has 4 heteroatoms. The maximum Gasteiger partial charge on any atom is 0.228 e. The van der Waals surface area contributed by atoms with E-state index < -0.39 is 0 Å². The fourth-order valence-electron chi connectivity index (χ4n) is 3.28. The Kier molecular flexibility index (Phi) is 4.23. The zero-order valence-corrected chi connectivity index (χ0v) is 12.3. The molecule has 1 aliphatic carbocycles. The molecule has 0 aromatic heterocycles. The second-order valence-corrected chi connectivity index (χ2v) is 6.15. The van der Waals surface area contributed by atoms with Crippen LogP contribution in [0.3, 0.4) is 0 Å². The van der Waals surface area contributed by atoms with E-state index in [0.29, 0.717) is 18.9 Å². The van der Waals surface area contributed by atoms with Crippen LogP contribution < -0.4 is 10.6 Å². The molecule has 0 bridgehead atoms. The number of carbonyl (C=O) groups is 2. The minimum Gasteiger partial charge on any atom is -0.353 e. The van der Waals surface area contributed by atoms with Gasteiger partial charge in [0, 0.05) is 11.7 Å². The van der Waals surface area contributed by atoms with Crippen LogP contribution in [0, 0.1) is 0 Å². The lowest BCUT2D eigenvalue weighted by Gasteiger charge is -2.16. The lowest BCUT2D eigenvalue weighted by molar-refractivity contribution is -0.121. The molecule has 21 heavy (non-hydrogen) atoms. The highest BCUT2D eigenvalue weighted by atomic mass is 16.2. The van der Waals surface area contributed by atoms with E-state index in [9.17, 15) is 9.59 Å². The van der Waals surface area contributed by atoms with Gasteiger partial charge in [-0.3, -0.25) is 9.59 Å². The maximum atomic E-state index is 12.2. The molecule has 0 spiro atoms. The molecule has 1 aliphatic heterocycles. The molecule has 1 heterocycles. The van der Waals surface area contributed by atoms with E-state index in [1.165, 1.54) is 25.7 Å². The van der Waals surface area contributed by atoms with Gasteiger partial charge in [-0.15, -0.1) is 0 Å². The van der Waals surface area contributed by atoms with Crippen LogP contribution in [0.15, 0.2) is 18.2 Å². The first-order valence-corrected chi connectivity index (χ1v) is 7.92. The number of carbonyl (C=O) groups excluding carboxylic acids is 2. The van der Waals surface area contributed by atoms with Crippen molar-refractivity contribution in [3.05, 3.63) is 29.3 Å². The van der Waals surface area contributed by atoms with Crippen molar-refractivity contribution in [3.8, 4) is 0 Å². The van der Waals surface area contributed by atoms with Crippen molar-refractivity contribution in [1.29, 1.82) is 0 Å². The van der Waals surface area contributed by atoms with E-state index in [1.807, 2.05) is 18.2 Å². The highest BCUT2D eigenvalue weighted by Gasteiger charge is 2.19. The highest BCUT2D eigenvalue weighted by molar-refractivity contribution is 5.99. The Morgan fingerprint density at radius 2 is 1.95 bits per heavy atom. The average Bonchev–Trinajstić information content (AvgIpc) is 2.64. The molecular weight excluding hydrogens is 264 g/mol. The summed E-state index contributed by atoms with van der Waals surface area (Å²) in [5.41, 5.74) is 2.86. The number of hydrogen-bond donors (Lipinski definition) is 2. The Morgan fingerprint density at radius 1 is 1.19 bits per heavy atom. The molecule has 112 valence electrons. The standard InChI is InChI=1S/C17H22N2O2/c20-16(18-14-5-3-1-2-4-6-14)10-12-7-8-15-13(9-12)11-17(21)19-15/h7-9,14H,1-6,10-11H2,(H,18,20)(H,19,21). The van der Waals surface area contributed by atoms with Crippen molar-refractivity contribution >= 4 is 17.5 Å². The molecule has 1 aromatic carbocycles. The highest BCUT2D eigenvalue weighted by Crippen LogP contribution is 2.24. The SMILES string of the molecule is O=C1Cc2cc(CC(=O)NC3CCCCCC3)ccc2N1. The summed E-state index contributed by atoms with van der Waals surface area (Å²) in [5, 5.41) is 5.97. The minimum absolute atomic E-state index is 0.0325. The van der Waals surface area contributed by atoms with Gasteiger partial charge in [0.05, 0.1) is 12.8 Å². The quantitative estimate of drug-likeness (QED) is 0.839. The van der Waals surface area contributed by atoms with E-state index in [0.717, 1.165) is 29.7 Å². The van der Waals surface area contributed by atoms with Crippen LogP contribution in [0.4, 0.5) is 5.69 Å². The number of fused-ring (bicyclic) bond motifs is 1. The molecule has 2 N–H and O–H groups in total. The molecule has 0 radical (unpaired) electrons. The molecule has 0 unspecified atom stereocenters. The van der Waals surface area contributed by atoms with Gasteiger partial charge in [0.2, 0.25) is 11.8 Å². The summed E-state index contributed by atoms with van der Waals surface area (Å²) >= 11 is 0. The first-order valence-electron chi connectivity index (χ1n) is 7.92. The summed E-state index contributed by atoms with van der Waals surface area (Å²) in [6, 6.07) is 6.14. The maximum absolute atomic E-state index is 12.2. The topological polar surface area (TPSA) is 58.2 Å². The average molecular weight is 286 g/mol. The monoisotopic (exact) mass is 286 g/mol. The summed E-state index contributed by atoms with van der Waals surface area (Å²) in [6.07, 6.45) is 8.06. The van der Waals surface area contributed by atoms with Gasteiger partial charge in [-0.25, -0.2) is 0 Å². The van der Waals surface area contributed by atoms with Gasteiger partial charge in [0.15, 0.2) is 0 Å². The van der Waals surface area contributed by atoms with Crippen molar-refractivity contribution in [2.45, 2.75) is 57.4 Å². The third kappa shape index (κ3) is 3.63. The third-order valence-corrected chi connectivity index (χ3v) is 4.38. The third-order valence-electron chi connectivity index (χ3n) is 4.38. The molecule has 0 atom stereocenters. The zero-order valence-electron chi connectivity index (χ0n) is 12.3. The summed E-state index contributed by atoms with van der Waals surface area (Å²) in [5.74, 6) is 0.129. The fourth-order valence-corrected chi connectivity index (χ4v) is 3.28. The minimum atomic E-state index is 0.0325. The molecule has 2 aliphatic rings. The Morgan fingerprint density at radius 3 is 2.71 bits per heavy atom. The van der Waals surface area contributed by atoms with Gasteiger partial charge < -0.3 is 10.6 Å². The Bertz CT molecular complexity index is 546. The molecule has 1 saturated carbocycles. The lowest BCUT2D eigenvalue weighted by Crippen LogP contribution is -2.35. The second-order valence-electron chi connectivity index (χ2n) is 6.15. The van der Waals surface area contributed by atoms with Crippen LogP contribution in [0.2, 0.25) is 0 Å². The predicted molar refractivity (Wildman–Crippen MR) is 82.1 cm³/mol. The van der Waals surface area contributed by atoms with Gasteiger partial charge in [-0.2, -0.15) is 0 Å². The summed E-state index contributed by atoms with van der Waals surface area (Å²) in [4.78, 5) is 23.5. The van der Waals surface area contributed by atoms with Crippen LogP contribution in [-0.2, 0) is 22.4 Å². The van der Waals surface area contributed by atoms with Crippen LogP contribution in [-0.4, -0.2) is 17.9 Å². The molecule has 4 nitrogen and oxygen atoms in total. The Labute approximate surface area is 125 Å². The lowest BCUT2D eigenvalue weighted by atomic mass is 10.0. The first-order chi connectivity index (χ1) is 10.2. The van der Waals surface area contributed by atoms with Gasteiger partial charge >= 0.3 is 0 Å². The van der Waals surface area contributed by atoms with Gasteiger partial charge in [-0.05, 0) is 30.0 Å². The fraction of sp³-hybridized carbons (Fsp3) is 0.529. The van der Waals surface area contributed by atoms with Crippen molar-refractivity contribution < 1.29 is 9.59 Å². The number of hydrogen-bond acceptors (Lipinski definition) is 2. The smallest absolute Gasteiger partial charge is 0.228 e. The Balaban J connectivity index is 1.57. The number of nitrogens with one attached hydrogen (secondary N) is 2. The molecule has 2 amide bonds. The van der Waals surface area contributed by atoms with Crippen molar-refractivity contribution in [3.63, 3.8) is 0 Å². The molecule has 1 aromatic rings. The van der Waals surface area contributed by atoms with E-state index in [2.05, 4.69) is 10.6 Å². The Hall–Kier alpha value is -1.84. The van der Waals surface area contributed by atoms with Crippen LogP contribution in [0.25, 0.3) is 0 Å². The number of benzene rings is 1. The summed E-state index contributed by atoms with van der Waals surface area (Å²) in [7, 11) is 0. The van der Waals surface area contributed by atoms with E-state index in [-0.39, 0.29) is 11.8 Å². The second kappa shape index (κ2) is 6.29. The predicted octanol–water partition coefficient (Wildman–Crippen LogP) is 2.56. The molecule has 0 saturated heterocycles. The number of rotatable bonds is 3. The number of anilines is 1. The van der Waals surface area contributed by atoms with Crippen LogP contribution >= 0.6 is 0 Å². The van der Waals surface area contributed by atoms with E-state index in [1.54, 1.807) is 0 Å². The number of amides is 2. The van der Waals surface area contributed by atoms with E-state index in [4.69, 9.17) is 0 Å².